The Balaban J connectivity index is 1.49. The van der Waals surface area contributed by atoms with Crippen molar-refractivity contribution in [3.8, 4) is 0 Å². The van der Waals surface area contributed by atoms with E-state index in [0.717, 1.165) is 24.1 Å². The van der Waals surface area contributed by atoms with Crippen LogP contribution in [0.25, 0.3) is 0 Å². The molecule has 0 saturated carbocycles. The number of sulfonamides is 1. The Morgan fingerprint density at radius 3 is 2.39 bits per heavy atom. The van der Waals surface area contributed by atoms with Crippen molar-refractivity contribution < 1.29 is 18.0 Å². The lowest BCUT2D eigenvalue weighted by Gasteiger charge is -2.15. The number of carbonyl (C=O) groups excluding carboxylic acids is 2. The second-order valence-electron chi connectivity index (χ2n) is 7.06. The number of anilines is 2. The minimum Gasteiger partial charge on any atom is -0.322 e. The predicted molar refractivity (Wildman–Crippen MR) is 106 cm³/mol. The Bertz CT molecular complexity index is 1040. The van der Waals surface area contributed by atoms with Crippen molar-refractivity contribution in [3.05, 3.63) is 53.6 Å². The average molecular weight is 399 g/mol. The number of hydrogen-bond donors (Lipinski definition) is 1. The number of nitrogens with zero attached hydrogens (tertiary/aromatic N) is 2. The van der Waals surface area contributed by atoms with Crippen LogP contribution < -0.4 is 10.2 Å². The summed E-state index contributed by atoms with van der Waals surface area (Å²) in [7, 11) is -1.77. The van der Waals surface area contributed by atoms with Crippen molar-refractivity contribution in [2.24, 2.45) is 0 Å². The van der Waals surface area contributed by atoms with Crippen molar-refractivity contribution in [2.75, 3.05) is 30.4 Å². The van der Waals surface area contributed by atoms with Crippen molar-refractivity contribution >= 4 is 33.2 Å². The number of nitrogens with one attached hydrogen (secondary N) is 1. The van der Waals surface area contributed by atoms with Gasteiger partial charge in [-0.05, 0) is 60.9 Å². The first-order valence-corrected chi connectivity index (χ1v) is 10.6. The lowest BCUT2D eigenvalue weighted by molar-refractivity contribution is -0.117. The summed E-state index contributed by atoms with van der Waals surface area (Å²) >= 11 is 0. The standard InChI is InChI=1S/C20H21N3O4S/c1-22-18-9-6-16(12-15(18)13-19(22)24)21-20(25)14-4-7-17(8-5-14)28(26,27)23-10-2-3-11-23/h4-9,12H,2-3,10-11,13H2,1H3,(H,21,25). The molecule has 28 heavy (non-hydrogen) atoms. The minimum atomic E-state index is -3.49. The van der Waals surface area contributed by atoms with Crippen LogP contribution in [0.15, 0.2) is 47.4 Å². The number of amides is 2. The Kier molecular flexibility index (Phi) is 4.68. The highest BCUT2D eigenvalue weighted by molar-refractivity contribution is 7.89. The highest BCUT2D eigenvalue weighted by atomic mass is 32.2. The maximum Gasteiger partial charge on any atom is 0.255 e. The summed E-state index contributed by atoms with van der Waals surface area (Å²) in [5.41, 5.74) is 2.69. The molecular weight excluding hydrogens is 378 g/mol. The molecule has 146 valence electrons. The summed E-state index contributed by atoms with van der Waals surface area (Å²) in [6.07, 6.45) is 2.07. The highest BCUT2D eigenvalue weighted by Crippen LogP contribution is 2.30. The Labute approximate surface area is 164 Å². The molecule has 8 heteroatoms. The molecule has 1 fully saturated rings. The van der Waals surface area contributed by atoms with Crippen LogP contribution in [0.4, 0.5) is 11.4 Å². The van der Waals surface area contributed by atoms with E-state index in [0.29, 0.717) is 30.8 Å². The normalized spacial score (nSPS) is 17.0. The van der Waals surface area contributed by atoms with Gasteiger partial charge in [-0.15, -0.1) is 0 Å². The van der Waals surface area contributed by atoms with Gasteiger partial charge in [0.05, 0.1) is 11.3 Å². The van der Waals surface area contributed by atoms with Gasteiger partial charge in [0.1, 0.15) is 0 Å². The lowest BCUT2D eigenvalue weighted by Crippen LogP contribution is -2.27. The Hall–Kier alpha value is -2.71. The third kappa shape index (κ3) is 3.29. The summed E-state index contributed by atoms with van der Waals surface area (Å²) in [6.45, 7) is 1.08. The summed E-state index contributed by atoms with van der Waals surface area (Å²) in [4.78, 5) is 26.1. The first-order chi connectivity index (χ1) is 13.4. The van der Waals surface area contributed by atoms with Crippen LogP contribution in [0.1, 0.15) is 28.8 Å². The molecule has 7 nitrogen and oxygen atoms in total. The van der Waals surface area contributed by atoms with Gasteiger partial charge < -0.3 is 10.2 Å². The topological polar surface area (TPSA) is 86.8 Å². The first kappa shape index (κ1) is 18.6. The second-order valence-corrected chi connectivity index (χ2v) is 9.00. The highest BCUT2D eigenvalue weighted by Gasteiger charge is 2.27. The van der Waals surface area contributed by atoms with Crippen LogP contribution in [0.5, 0.6) is 0 Å². The maximum absolute atomic E-state index is 12.6. The van der Waals surface area contributed by atoms with Gasteiger partial charge >= 0.3 is 0 Å². The molecular formula is C20H21N3O4S. The van der Waals surface area contributed by atoms with Gasteiger partial charge in [-0.1, -0.05) is 0 Å². The molecule has 2 heterocycles. The van der Waals surface area contributed by atoms with Gasteiger partial charge in [0.2, 0.25) is 15.9 Å². The zero-order valence-corrected chi connectivity index (χ0v) is 16.3. The number of rotatable bonds is 4. The third-order valence-electron chi connectivity index (χ3n) is 5.23. The van der Waals surface area contributed by atoms with E-state index >= 15 is 0 Å². The maximum atomic E-state index is 12.6. The molecule has 1 N–H and O–H groups in total. The molecule has 0 aliphatic carbocycles. The van der Waals surface area contributed by atoms with E-state index in [9.17, 15) is 18.0 Å². The average Bonchev–Trinajstić information content (AvgIpc) is 3.31. The first-order valence-electron chi connectivity index (χ1n) is 9.17. The van der Waals surface area contributed by atoms with Crippen LogP contribution >= 0.6 is 0 Å². The smallest absolute Gasteiger partial charge is 0.255 e. The zero-order chi connectivity index (χ0) is 19.9. The van der Waals surface area contributed by atoms with Gasteiger partial charge in [-0.2, -0.15) is 4.31 Å². The molecule has 0 atom stereocenters. The van der Waals surface area contributed by atoms with Crippen LogP contribution in [0, 0.1) is 0 Å². The summed E-state index contributed by atoms with van der Waals surface area (Å²) in [5, 5.41) is 2.80. The molecule has 2 aromatic rings. The monoisotopic (exact) mass is 399 g/mol. The third-order valence-corrected chi connectivity index (χ3v) is 7.15. The van der Waals surface area contributed by atoms with Crippen LogP contribution in [-0.4, -0.2) is 44.7 Å². The van der Waals surface area contributed by atoms with E-state index < -0.39 is 10.0 Å². The number of carbonyl (C=O) groups is 2. The van der Waals surface area contributed by atoms with Crippen LogP contribution in [0.3, 0.4) is 0 Å². The van der Waals surface area contributed by atoms with Crippen molar-refractivity contribution in [2.45, 2.75) is 24.2 Å². The van der Waals surface area contributed by atoms with Crippen molar-refractivity contribution in [3.63, 3.8) is 0 Å². The van der Waals surface area contributed by atoms with E-state index in [4.69, 9.17) is 0 Å². The molecule has 1 saturated heterocycles. The van der Waals surface area contributed by atoms with Gasteiger partial charge in [-0.3, -0.25) is 9.59 Å². The van der Waals surface area contributed by atoms with E-state index in [1.165, 1.54) is 28.6 Å². The molecule has 2 aliphatic rings. The quantitative estimate of drug-likeness (QED) is 0.854. The van der Waals surface area contributed by atoms with Gasteiger partial charge in [0.25, 0.3) is 5.91 Å². The van der Waals surface area contributed by atoms with E-state index in [-0.39, 0.29) is 16.7 Å². The summed E-state index contributed by atoms with van der Waals surface area (Å²) in [6, 6.07) is 11.3. The SMILES string of the molecule is CN1C(=O)Cc2cc(NC(=O)c3ccc(S(=O)(=O)N4CCCC4)cc3)ccc21. The molecule has 4 rings (SSSR count). The Morgan fingerprint density at radius 1 is 1.04 bits per heavy atom. The molecule has 0 unspecified atom stereocenters. The summed E-state index contributed by atoms with van der Waals surface area (Å²) < 4.78 is 26.6. The van der Waals surface area contributed by atoms with Gasteiger partial charge in [0.15, 0.2) is 0 Å². The molecule has 0 radical (unpaired) electrons. The zero-order valence-electron chi connectivity index (χ0n) is 15.5. The number of benzene rings is 2. The Morgan fingerprint density at radius 2 is 1.71 bits per heavy atom. The second kappa shape index (κ2) is 7.03. The molecule has 2 amide bonds. The molecule has 2 aromatic carbocycles. The molecule has 2 aliphatic heterocycles. The van der Waals surface area contributed by atoms with Crippen LogP contribution in [-0.2, 0) is 21.2 Å². The minimum absolute atomic E-state index is 0.0216. The number of likely N-dealkylation sites (N-methyl/N-ethyl adjacent to an activating group) is 1. The van der Waals surface area contributed by atoms with Crippen molar-refractivity contribution in [1.82, 2.24) is 4.31 Å². The molecule has 0 bridgehead atoms. The summed E-state index contributed by atoms with van der Waals surface area (Å²) in [5.74, 6) is -0.309. The lowest BCUT2D eigenvalue weighted by atomic mass is 10.1. The largest absolute Gasteiger partial charge is 0.322 e. The van der Waals surface area contributed by atoms with E-state index in [1.807, 2.05) is 6.07 Å². The molecule has 0 aromatic heterocycles. The predicted octanol–water partition coefficient (Wildman–Crippen LogP) is 2.24. The fraction of sp³-hybridized carbons (Fsp3) is 0.300. The fourth-order valence-corrected chi connectivity index (χ4v) is 5.12. The van der Waals surface area contributed by atoms with E-state index in [2.05, 4.69) is 5.32 Å². The van der Waals surface area contributed by atoms with Gasteiger partial charge in [0, 0.05) is 37.1 Å². The van der Waals surface area contributed by atoms with Crippen LogP contribution in [0.2, 0.25) is 0 Å². The van der Waals surface area contributed by atoms with E-state index in [1.54, 1.807) is 24.1 Å². The van der Waals surface area contributed by atoms with Crippen molar-refractivity contribution in [1.29, 1.82) is 0 Å². The number of fused-ring (bicyclic) bond motifs is 1. The molecule has 0 spiro atoms. The fourth-order valence-electron chi connectivity index (χ4n) is 3.61. The number of hydrogen-bond acceptors (Lipinski definition) is 4. The van der Waals surface area contributed by atoms with Gasteiger partial charge in [-0.25, -0.2) is 8.42 Å².